The number of alkyl carbamates (subject to hydrolysis) is 1. The first-order valence-corrected chi connectivity index (χ1v) is 11.2. The summed E-state index contributed by atoms with van der Waals surface area (Å²) in [6, 6.07) is 3.34. The molecule has 4 rings (SSSR count). The monoisotopic (exact) mass is 468 g/mol. The van der Waals surface area contributed by atoms with E-state index in [9.17, 15) is 32.7 Å². The molecule has 13 heteroatoms. The summed E-state index contributed by atoms with van der Waals surface area (Å²) >= 11 is 0. The van der Waals surface area contributed by atoms with E-state index >= 15 is 0 Å². The number of β-lactam (4-membered cyclic amide) rings is 1. The second-order valence-corrected chi connectivity index (χ2v) is 10.5. The molecule has 1 aromatic carbocycles. The Kier molecular flexibility index (Phi) is 5.23. The highest BCUT2D eigenvalue weighted by molar-refractivity contribution is 7.94. The number of carboxylic acids is 1. The number of carbonyl (C=O) groups is 4. The number of sulfone groups is 1. The van der Waals surface area contributed by atoms with Crippen molar-refractivity contribution in [1.29, 1.82) is 0 Å². The van der Waals surface area contributed by atoms with Crippen molar-refractivity contribution in [3.05, 3.63) is 23.8 Å². The van der Waals surface area contributed by atoms with Crippen molar-refractivity contribution in [2.24, 2.45) is 0 Å². The van der Waals surface area contributed by atoms with Gasteiger partial charge in [0.15, 0.2) is 33.2 Å². The molecule has 1 aromatic rings. The zero-order valence-corrected chi connectivity index (χ0v) is 17.7. The van der Waals surface area contributed by atoms with Crippen LogP contribution in [0, 0.1) is 0 Å². The zero-order chi connectivity index (χ0) is 23.3. The lowest BCUT2D eigenvalue weighted by atomic mass is 9.97. The fourth-order valence-corrected chi connectivity index (χ4v) is 6.31. The van der Waals surface area contributed by atoms with Gasteiger partial charge in [-0.15, -0.1) is 0 Å². The second kappa shape index (κ2) is 7.65. The standard InChI is InChI=1S/C19H20N2O10S/c1-19(16(17(24)25)21-14(23)6-15(21)32(19,27)28)8-29-18(26)20-7-11(22)4-10-2-3-12-13(5-10)31-9-30-12/h2-3,5,15-16H,4,6-9H2,1H3,(H,20,26)(H,24,25)/t15-,16+,19+/m1/s1. The summed E-state index contributed by atoms with van der Waals surface area (Å²) in [6.07, 6.45) is -1.38. The second-order valence-electron chi connectivity index (χ2n) is 7.89. The Labute approximate surface area is 182 Å². The Morgan fingerprint density at radius 2 is 2.00 bits per heavy atom. The van der Waals surface area contributed by atoms with E-state index in [4.69, 9.17) is 14.2 Å². The number of carbonyl (C=O) groups excluding carboxylic acids is 3. The van der Waals surface area contributed by atoms with Crippen LogP contribution in [0.15, 0.2) is 18.2 Å². The molecule has 3 aliphatic heterocycles. The number of ether oxygens (including phenoxy) is 3. The van der Waals surface area contributed by atoms with Gasteiger partial charge in [0.2, 0.25) is 12.7 Å². The first-order valence-electron chi connectivity index (χ1n) is 9.63. The molecule has 3 atom stereocenters. The largest absolute Gasteiger partial charge is 0.480 e. The average molecular weight is 468 g/mol. The predicted octanol–water partition coefficient (Wildman–Crippen LogP) is -0.548. The fourth-order valence-electron chi connectivity index (χ4n) is 4.04. The van der Waals surface area contributed by atoms with Crippen LogP contribution in [0.25, 0.3) is 0 Å². The van der Waals surface area contributed by atoms with E-state index in [0.717, 1.165) is 11.8 Å². The molecule has 0 unspecified atom stereocenters. The summed E-state index contributed by atoms with van der Waals surface area (Å²) in [5.74, 6) is -1.35. The van der Waals surface area contributed by atoms with Gasteiger partial charge in [-0.1, -0.05) is 6.07 Å². The Bertz CT molecular complexity index is 1120. The number of aliphatic carboxylic acids is 1. The number of rotatable bonds is 7. The maximum absolute atomic E-state index is 12.8. The number of fused-ring (bicyclic) bond motifs is 2. The molecule has 0 aliphatic carbocycles. The predicted molar refractivity (Wildman–Crippen MR) is 105 cm³/mol. The normalized spacial score (nSPS) is 26.8. The molecule has 2 amide bonds. The van der Waals surface area contributed by atoms with E-state index in [1.165, 1.54) is 0 Å². The molecule has 172 valence electrons. The number of nitrogens with one attached hydrogen (secondary N) is 1. The molecule has 2 fully saturated rings. The number of hydrogen-bond acceptors (Lipinski definition) is 9. The molecule has 0 bridgehead atoms. The zero-order valence-electron chi connectivity index (χ0n) is 16.9. The van der Waals surface area contributed by atoms with Crippen LogP contribution in [0.2, 0.25) is 0 Å². The molecule has 3 heterocycles. The van der Waals surface area contributed by atoms with Gasteiger partial charge in [0.05, 0.1) is 13.0 Å². The number of hydrogen-bond donors (Lipinski definition) is 2. The molecular formula is C19H20N2O10S. The Morgan fingerprint density at radius 3 is 2.69 bits per heavy atom. The van der Waals surface area contributed by atoms with Crippen LogP contribution in [0.3, 0.4) is 0 Å². The van der Waals surface area contributed by atoms with Crippen LogP contribution in [0.4, 0.5) is 4.79 Å². The highest BCUT2D eigenvalue weighted by Gasteiger charge is 2.70. The third-order valence-corrected chi connectivity index (χ3v) is 8.56. The highest BCUT2D eigenvalue weighted by Crippen LogP contribution is 2.46. The van der Waals surface area contributed by atoms with Crippen molar-refractivity contribution in [1.82, 2.24) is 10.2 Å². The van der Waals surface area contributed by atoms with Crippen molar-refractivity contribution >= 4 is 33.6 Å². The molecule has 3 aliphatic rings. The molecule has 0 radical (unpaired) electrons. The van der Waals surface area contributed by atoms with Gasteiger partial charge < -0.3 is 29.5 Å². The third-order valence-electron chi connectivity index (χ3n) is 5.80. The van der Waals surface area contributed by atoms with Crippen LogP contribution < -0.4 is 14.8 Å². The SMILES string of the molecule is C[C@]1(COC(=O)NCC(=O)Cc2ccc3c(c2)OCO3)[C@H](C(=O)O)N2C(=O)C[C@H]2S1(=O)=O. The molecule has 2 N–H and O–H groups in total. The first kappa shape index (κ1) is 21.9. The van der Waals surface area contributed by atoms with E-state index in [2.05, 4.69) is 5.32 Å². The van der Waals surface area contributed by atoms with Crippen LogP contribution >= 0.6 is 0 Å². The summed E-state index contributed by atoms with van der Waals surface area (Å²) < 4.78 is 38.9. The number of carboxylic acid groups (broad SMARTS) is 1. The van der Waals surface area contributed by atoms with E-state index in [1.54, 1.807) is 18.2 Å². The molecule has 0 spiro atoms. The van der Waals surface area contributed by atoms with Gasteiger partial charge in [-0.25, -0.2) is 18.0 Å². The van der Waals surface area contributed by atoms with E-state index in [1.807, 2.05) is 0 Å². The topological polar surface area (TPSA) is 166 Å². The van der Waals surface area contributed by atoms with E-state index in [-0.39, 0.29) is 32.0 Å². The van der Waals surface area contributed by atoms with Crippen LogP contribution in [0.5, 0.6) is 11.5 Å². The van der Waals surface area contributed by atoms with E-state index in [0.29, 0.717) is 17.1 Å². The average Bonchev–Trinajstić information content (AvgIpc) is 3.24. The lowest BCUT2D eigenvalue weighted by Gasteiger charge is -2.35. The van der Waals surface area contributed by atoms with Gasteiger partial charge in [-0.3, -0.25) is 9.59 Å². The minimum Gasteiger partial charge on any atom is -0.480 e. The molecule has 12 nitrogen and oxygen atoms in total. The van der Waals surface area contributed by atoms with Gasteiger partial charge in [-0.05, 0) is 24.6 Å². The molecule has 32 heavy (non-hydrogen) atoms. The van der Waals surface area contributed by atoms with Gasteiger partial charge in [-0.2, -0.15) is 0 Å². The molecular weight excluding hydrogens is 448 g/mol. The quantitative estimate of drug-likeness (QED) is 0.496. The van der Waals surface area contributed by atoms with E-state index < -0.39 is 50.6 Å². The van der Waals surface area contributed by atoms with Gasteiger partial charge in [0.25, 0.3) is 0 Å². The lowest BCUT2D eigenvalue weighted by molar-refractivity contribution is -0.158. The van der Waals surface area contributed by atoms with Crippen molar-refractivity contribution in [2.45, 2.75) is 35.9 Å². The van der Waals surface area contributed by atoms with Gasteiger partial charge in [0.1, 0.15) is 16.7 Å². The number of ketones is 1. The third kappa shape index (κ3) is 3.42. The lowest BCUT2D eigenvalue weighted by Crippen LogP contribution is -2.58. The number of nitrogens with zero attached hydrogens (tertiary/aromatic N) is 1. The van der Waals surface area contributed by atoms with Gasteiger partial charge in [0, 0.05) is 6.42 Å². The van der Waals surface area contributed by atoms with Crippen molar-refractivity contribution in [2.75, 3.05) is 19.9 Å². The van der Waals surface area contributed by atoms with Crippen molar-refractivity contribution < 1.29 is 46.9 Å². The summed E-state index contributed by atoms with van der Waals surface area (Å²) in [4.78, 5) is 48.4. The van der Waals surface area contributed by atoms with Crippen LogP contribution in [-0.4, -0.2) is 78.3 Å². The first-order chi connectivity index (χ1) is 15.0. The van der Waals surface area contributed by atoms with Crippen LogP contribution in [0.1, 0.15) is 18.9 Å². The summed E-state index contributed by atoms with van der Waals surface area (Å²) in [5.41, 5.74) is 0.650. The molecule has 2 saturated heterocycles. The number of amides is 2. The summed E-state index contributed by atoms with van der Waals surface area (Å²) in [6.45, 7) is 0.0655. The number of Topliss-reactive ketones (excluding diaryl/α,β-unsaturated/α-hetero) is 1. The molecule has 0 saturated carbocycles. The van der Waals surface area contributed by atoms with Crippen molar-refractivity contribution in [3.63, 3.8) is 0 Å². The minimum absolute atomic E-state index is 0.00283. The summed E-state index contributed by atoms with van der Waals surface area (Å²) in [5, 5.41) is 10.5. The maximum Gasteiger partial charge on any atom is 0.407 e. The fraction of sp³-hybridized carbons (Fsp3) is 0.474. The Balaban J connectivity index is 1.32. The highest BCUT2D eigenvalue weighted by atomic mass is 32.2. The van der Waals surface area contributed by atoms with Crippen LogP contribution in [-0.2, 0) is 35.4 Å². The Morgan fingerprint density at radius 1 is 1.28 bits per heavy atom. The van der Waals surface area contributed by atoms with Gasteiger partial charge >= 0.3 is 12.1 Å². The maximum atomic E-state index is 12.8. The molecule has 0 aromatic heterocycles. The Hall–Kier alpha value is -3.35. The minimum atomic E-state index is -4.10. The smallest absolute Gasteiger partial charge is 0.407 e. The summed E-state index contributed by atoms with van der Waals surface area (Å²) in [7, 11) is -4.10. The number of benzene rings is 1. The van der Waals surface area contributed by atoms with Crippen molar-refractivity contribution in [3.8, 4) is 11.5 Å².